The van der Waals surface area contributed by atoms with Gasteiger partial charge in [0.05, 0.1) is 33.9 Å². The molecule has 6 N–H and O–H groups in total. The predicted octanol–water partition coefficient (Wildman–Crippen LogP) is 4.71. The number of carbonyl (C=O) groups excluding carboxylic acids is 3. The molecule has 3 aromatic rings. The number of carbonyl (C=O) groups is 4. The second-order valence-electron chi connectivity index (χ2n) is 9.66. The van der Waals surface area contributed by atoms with E-state index in [-0.39, 0.29) is 33.8 Å². The van der Waals surface area contributed by atoms with Crippen molar-refractivity contribution in [2.45, 2.75) is 37.5 Å². The van der Waals surface area contributed by atoms with Crippen LogP contribution in [0.3, 0.4) is 0 Å². The average Bonchev–Trinajstić information content (AvgIpc) is 3.35. The van der Waals surface area contributed by atoms with Gasteiger partial charge in [-0.15, -0.1) is 0 Å². The van der Waals surface area contributed by atoms with Crippen molar-refractivity contribution in [3.05, 3.63) is 98.0 Å². The number of aliphatic hydroxyl groups is 1. The van der Waals surface area contributed by atoms with Gasteiger partial charge in [-0.3, -0.25) is 9.59 Å². The molecular weight excluding hydrogens is 607 g/mol. The maximum Gasteiger partial charge on any atom is 0.359 e. The zero-order valence-corrected chi connectivity index (χ0v) is 24.3. The third kappa shape index (κ3) is 7.32. The summed E-state index contributed by atoms with van der Waals surface area (Å²) in [5.74, 6) is -3.40. The number of aliphatic carboxylic acids is 1. The normalized spacial score (nSPS) is 15.2. The average molecular weight is 634 g/mol. The van der Waals surface area contributed by atoms with Crippen LogP contribution in [0.4, 0.5) is 10.5 Å². The molecule has 0 aliphatic heterocycles. The van der Waals surface area contributed by atoms with Crippen LogP contribution >= 0.6 is 34.8 Å². The van der Waals surface area contributed by atoms with E-state index < -0.39 is 36.1 Å². The number of hydrogen-bond acceptors (Lipinski definition) is 5. The predicted molar refractivity (Wildman–Crippen MR) is 159 cm³/mol. The van der Waals surface area contributed by atoms with Gasteiger partial charge in [-0.1, -0.05) is 77.3 Å². The van der Waals surface area contributed by atoms with E-state index in [0.29, 0.717) is 17.9 Å². The largest absolute Gasteiger partial charge is 0.478 e. The summed E-state index contributed by atoms with van der Waals surface area (Å²) >= 11 is 18.7. The van der Waals surface area contributed by atoms with Crippen molar-refractivity contribution in [1.29, 1.82) is 0 Å². The molecule has 0 spiro atoms. The molecule has 1 aliphatic carbocycles. The summed E-state index contributed by atoms with van der Waals surface area (Å²) in [4.78, 5) is 50.1. The summed E-state index contributed by atoms with van der Waals surface area (Å²) in [6, 6.07) is 16.4. The van der Waals surface area contributed by atoms with E-state index in [1.807, 2.05) is 29.6 Å². The number of carboxylic acids is 1. The number of hydrogen-bond donors (Lipinski definition) is 6. The second kappa shape index (κ2) is 13.4. The zero-order chi connectivity index (χ0) is 30.4. The Kier molecular flexibility index (Phi) is 9.95. The fraction of sp³-hybridized carbons (Fsp3) is 0.241. The van der Waals surface area contributed by atoms with Crippen molar-refractivity contribution in [1.82, 2.24) is 16.0 Å². The van der Waals surface area contributed by atoms with E-state index in [4.69, 9.17) is 34.8 Å². The van der Waals surface area contributed by atoms with Crippen LogP contribution in [0.15, 0.2) is 60.7 Å². The van der Waals surface area contributed by atoms with Crippen molar-refractivity contribution in [2.24, 2.45) is 0 Å². The third-order valence-electron chi connectivity index (χ3n) is 6.79. The van der Waals surface area contributed by atoms with E-state index in [1.54, 1.807) is 24.3 Å². The van der Waals surface area contributed by atoms with Crippen LogP contribution in [0.25, 0.3) is 0 Å². The molecule has 2 atom stereocenters. The topological polar surface area (TPSA) is 157 Å². The molecule has 0 bridgehead atoms. The van der Waals surface area contributed by atoms with Crippen LogP contribution in [0, 0.1) is 0 Å². The summed E-state index contributed by atoms with van der Waals surface area (Å²) in [6.07, 6.45) is 1.85. The van der Waals surface area contributed by atoms with Gasteiger partial charge >= 0.3 is 12.0 Å². The lowest BCUT2D eigenvalue weighted by Crippen LogP contribution is -2.61. The smallest absolute Gasteiger partial charge is 0.359 e. The molecule has 0 fully saturated rings. The Bertz CT molecular complexity index is 1530. The van der Waals surface area contributed by atoms with Crippen LogP contribution in [0.5, 0.6) is 0 Å². The number of urea groups is 1. The van der Waals surface area contributed by atoms with E-state index >= 15 is 0 Å². The molecule has 0 saturated heterocycles. The first-order chi connectivity index (χ1) is 20.0. The summed E-state index contributed by atoms with van der Waals surface area (Å²) in [5.41, 5.74) is -0.417. The number of halogens is 3. The van der Waals surface area contributed by atoms with Crippen molar-refractivity contribution in [3.8, 4) is 0 Å². The fourth-order valence-electron chi connectivity index (χ4n) is 4.57. The maximum absolute atomic E-state index is 13.1. The van der Waals surface area contributed by atoms with Gasteiger partial charge in [0.15, 0.2) is 0 Å². The Hall–Kier alpha value is -3.83. The number of carboxylic acid groups (broad SMARTS) is 1. The van der Waals surface area contributed by atoms with Crippen LogP contribution in [0.1, 0.15) is 45.9 Å². The van der Waals surface area contributed by atoms with E-state index in [9.17, 15) is 29.4 Å². The molecule has 4 amide bonds. The zero-order valence-electron chi connectivity index (χ0n) is 22.0. The minimum Gasteiger partial charge on any atom is -0.478 e. The number of nitrogens with one attached hydrogen (secondary N) is 4. The molecule has 0 aromatic heterocycles. The molecule has 1 aliphatic rings. The molecule has 220 valence electrons. The van der Waals surface area contributed by atoms with Crippen LogP contribution in [-0.4, -0.2) is 46.3 Å². The minimum absolute atomic E-state index is 0.0450. The first-order valence-corrected chi connectivity index (χ1v) is 14.0. The van der Waals surface area contributed by atoms with Gasteiger partial charge in [-0.05, 0) is 54.2 Å². The Morgan fingerprint density at radius 3 is 2.38 bits per heavy atom. The SMILES string of the molecule is O=C(CCc1ccccc1Cl)Nc1ccc(Cl)c(C(=O)N[C@](O)(CNC(=O)N[C@@H]2CCc3ccccc32)C(=O)O)c1Cl. The lowest BCUT2D eigenvalue weighted by Gasteiger charge is -2.26. The maximum atomic E-state index is 13.1. The Balaban J connectivity index is 1.40. The quantitative estimate of drug-likeness (QED) is 0.178. The highest BCUT2D eigenvalue weighted by Crippen LogP contribution is 2.33. The van der Waals surface area contributed by atoms with Gasteiger partial charge in [0.1, 0.15) is 0 Å². The van der Waals surface area contributed by atoms with Gasteiger partial charge in [0.2, 0.25) is 5.91 Å². The highest BCUT2D eigenvalue weighted by atomic mass is 35.5. The standard InChI is InChI=1S/C29H27Cl3N4O6/c30-19-8-4-2-6-17(19)10-14-23(37)34-22-13-11-20(31)24(25(22)32)26(38)36-29(42,27(39)40)15-33-28(41)35-21-12-9-16-5-1-3-7-18(16)21/h1-8,11,13,21,42H,9-10,12,14-15H2,(H,34,37)(H,36,38)(H,39,40)(H2,33,35,41)/t21-,29+/m1/s1. The summed E-state index contributed by atoms with van der Waals surface area (Å²) in [5, 5.41) is 30.1. The van der Waals surface area contributed by atoms with Crippen molar-refractivity contribution < 1.29 is 29.4 Å². The molecule has 0 heterocycles. The first-order valence-electron chi connectivity index (χ1n) is 12.9. The first kappa shape index (κ1) is 31.1. The summed E-state index contributed by atoms with van der Waals surface area (Å²) in [7, 11) is 0. The van der Waals surface area contributed by atoms with Crippen molar-refractivity contribution in [3.63, 3.8) is 0 Å². The number of benzene rings is 3. The Morgan fingerprint density at radius 1 is 0.929 bits per heavy atom. The molecular formula is C29H27Cl3N4O6. The summed E-state index contributed by atoms with van der Waals surface area (Å²) < 4.78 is 0. The summed E-state index contributed by atoms with van der Waals surface area (Å²) in [6.45, 7) is -0.873. The van der Waals surface area contributed by atoms with Gasteiger partial charge in [0, 0.05) is 11.4 Å². The van der Waals surface area contributed by atoms with Gasteiger partial charge < -0.3 is 31.5 Å². The Morgan fingerprint density at radius 2 is 1.64 bits per heavy atom. The molecule has 10 nitrogen and oxygen atoms in total. The number of anilines is 1. The lowest BCUT2D eigenvalue weighted by atomic mass is 10.1. The van der Waals surface area contributed by atoms with Crippen molar-refractivity contribution in [2.75, 3.05) is 11.9 Å². The number of amides is 4. The lowest BCUT2D eigenvalue weighted by molar-refractivity contribution is -0.160. The van der Waals surface area contributed by atoms with E-state index in [1.165, 1.54) is 12.1 Å². The van der Waals surface area contributed by atoms with Crippen molar-refractivity contribution >= 4 is 64.3 Å². The second-order valence-corrected chi connectivity index (χ2v) is 10.9. The van der Waals surface area contributed by atoms with Crippen LogP contribution in [-0.2, 0) is 22.4 Å². The number of aryl methyl sites for hydroxylation is 2. The molecule has 0 saturated carbocycles. The van der Waals surface area contributed by atoms with E-state index in [2.05, 4.69) is 16.0 Å². The minimum atomic E-state index is -2.91. The monoisotopic (exact) mass is 632 g/mol. The molecule has 3 aromatic carbocycles. The molecule has 42 heavy (non-hydrogen) atoms. The van der Waals surface area contributed by atoms with Gasteiger partial charge in [-0.25, -0.2) is 9.59 Å². The number of rotatable bonds is 10. The molecule has 0 unspecified atom stereocenters. The Labute approximate surface area is 256 Å². The van der Waals surface area contributed by atoms with Crippen LogP contribution < -0.4 is 21.3 Å². The van der Waals surface area contributed by atoms with Crippen LogP contribution in [0.2, 0.25) is 15.1 Å². The van der Waals surface area contributed by atoms with E-state index in [0.717, 1.165) is 23.1 Å². The third-order valence-corrected chi connectivity index (χ3v) is 7.86. The highest BCUT2D eigenvalue weighted by molar-refractivity contribution is 6.41. The molecule has 0 radical (unpaired) electrons. The molecule has 4 rings (SSSR count). The fourth-order valence-corrected chi connectivity index (χ4v) is 5.39. The number of fused-ring (bicyclic) bond motifs is 1. The highest BCUT2D eigenvalue weighted by Gasteiger charge is 2.40. The molecule has 13 heteroatoms. The van der Waals surface area contributed by atoms with Gasteiger partial charge in [0.25, 0.3) is 11.6 Å². The van der Waals surface area contributed by atoms with Gasteiger partial charge in [-0.2, -0.15) is 0 Å².